The van der Waals surface area contributed by atoms with Crippen LogP contribution in [0, 0.1) is 0 Å². The van der Waals surface area contributed by atoms with Crippen LogP contribution < -0.4 is 19.9 Å². The van der Waals surface area contributed by atoms with Gasteiger partial charge in [-0.15, -0.1) is 0 Å². The SMILES string of the molecule is COc1ccc(Cl)cc1N1CC[C@@H](NC(=O)c2cccc(N3C(=O)CCC3=O)c2)C1. The third kappa shape index (κ3) is 3.98. The van der Waals surface area contributed by atoms with E-state index in [0.29, 0.717) is 22.8 Å². The maximum absolute atomic E-state index is 12.8. The highest BCUT2D eigenvalue weighted by atomic mass is 35.5. The van der Waals surface area contributed by atoms with Gasteiger partial charge in [-0.25, -0.2) is 0 Å². The molecule has 1 N–H and O–H groups in total. The highest BCUT2D eigenvalue weighted by Crippen LogP contribution is 2.33. The van der Waals surface area contributed by atoms with Gasteiger partial charge < -0.3 is 15.0 Å². The zero-order chi connectivity index (χ0) is 21.3. The van der Waals surface area contributed by atoms with Crippen molar-refractivity contribution in [2.45, 2.75) is 25.3 Å². The van der Waals surface area contributed by atoms with E-state index >= 15 is 0 Å². The molecule has 2 fully saturated rings. The summed E-state index contributed by atoms with van der Waals surface area (Å²) in [7, 11) is 1.62. The number of carbonyl (C=O) groups is 3. The molecule has 0 spiro atoms. The van der Waals surface area contributed by atoms with Gasteiger partial charge in [0.2, 0.25) is 11.8 Å². The molecular formula is C22H22ClN3O4. The molecule has 3 amide bonds. The Morgan fingerprint density at radius 1 is 1.13 bits per heavy atom. The zero-order valence-corrected chi connectivity index (χ0v) is 17.3. The third-order valence-electron chi connectivity index (χ3n) is 5.42. The predicted octanol–water partition coefficient (Wildman–Crippen LogP) is 3.01. The van der Waals surface area contributed by atoms with E-state index in [1.807, 2.05) is 12.1 Å². The second kappa shape index (κ2) is 8.36. The summed E-state index contributed by atoms with van der Waals surface area (Å²) in [6.07, 6.45) is 1.20. The number of halogens is 1. The number of rotatable bonds is 5. The number of hydrogen-bond donors (Lipinski definition) is 1. The lowest BCUT2D eigenvalue weighted by atomic mass is 10.1. The van der Waals surface area contributed by atoms with Crippen LogP contribution in [-0.2, 0) is 9.59 Å². The molecule has 0 radical (unpaired) electrons. The van der Waals surface area contributed by atoms with Crippen LogP contribution in [0.3, 0.4) is 0 Å². The molecule has 2 heterocycles. The van der Waals surface area contributed by atoms with Crippen molar-refractivity contribution in [3.8, 4) is 5.75 Å². The molecule has 0 aromatic heterocycles. The van der Waals surface area contributed by atoms with E-state index in [4.69, 9.17) is 16.3 Å². The Morgan fingerprint density at radius 2 is 1.90 bits per heavy atom. The van der Waals surface area contributed by atoms with E-state index in [9.17, 15) is 14.4 Å². The Balaban J connectivity index is 1.44. The van der Waals surface area contributed by atoms with E-state index in [2.05, 4.69) is 10.2 Å². The first-order chi connectivity index (χ1) is 14.5. The Labute approximate surface area is 179 Å². The lowest BCUT2D eigenvalue weighted by Gasteiger charge is -2.22. The van der Waals surface area contributed by atoms with Crippen molar-refractivity contribution in [1.82, 2.24) is 5.32 Å². The molecule has 2 aromatic rings. The maximum Gasteiger partial charge on any atom is 0.251 e. The van der Waals surface area contributed by atoms with Crippen LogP contribution >= 0.6 is 11.6 Å². The lowest BCUT2D eigenvalue weighted by Crippen LogP contribution is -2.37. The fraction of sp³-hybridized carbons (Fsp3) is 0.318. The fourth-order valence-corrected chi connectivity index (χ4v) is 4.09. The largest absolute Gasteiger partial charge is 0.495 e. The molecule has 156 valence electrons. The van der Waals surface area contributed by atoms with Gasteiger partial charge in [0.25, 0.3) is 5.91 Å². The number of imide groups is 1. The Hall–Kier alpha value is -3.06. The quantitative estimate of drug-likeness (QED) is 0.742. The van der Waals surface area contributed by atoms with E-state index < -0.39 is 0 Å². The summed E-state index contributed by atoms with van der Waals surface area (Å²) in [5.41, 5.74) is 1.75. The number of methoxy groups -OCH3 is 1. The fourth-order valence-electron chi connectivity index (χ4n) is 3.93. The van der Waals surface area contributed by atoms with Crippen LogP contribution in [0.2, 0.25) is 5.02 Å². The van der Waals surface area contributed by atoms with E-state index in [-0.39, 0.29) is 36.6 Å². The molecule has 0 bridgehead atoms. The normalized spacial score (nSPS) is 18.8. The lowest BCUT2D eigenvalue weighted by molar-refractivity contribution is -0.121. The molecule has 30 heavy (non-hydrogen) atoms. The van der Waals surface area contributed by atoms with Crippen molar-refractivity contribution >= 4 is 40.7 Å². The van der Waals surface area contributed by atoms with Crippen LogP contribution in [0.25, 0.3) is 0 Å². The van der Waals surface area contributed by atoms with Crippen molar-refractivity contribution in [3.63, 3.8) is 0 Å². The Morgan fingerprint density at radius 3 is 2.63 bits per heavy atom. The minimum atomic E-state index is -0.237. The molecule has 0 aliphatic carbocycles. The minimum absolute atomic E-state index is 0.0418. The van der Waals surface area contributed by atoms with Crippen molar-refractivity contribution in [3.05, 3.63) is 53.1 Å². The van der Waals surface area contributed by atoms with Gasteiger partial charge in [-0.05, 0) is 42.8 Å². The second-order valence-electron chi connectivity index (χ2n) is 7.39. The number of anilines is 2. The molecule has 2 saturated heterocycles. The number of hydrogen-bond acceptors (Lipinski definition) is 5. The van der Waals surface area contributed by atoms with E-state index in [1.54, 1.807) is 37.4 Å². The summed E-state index contributed by atoms with van der Waals surface area (Å²) < 4.78 is 5.43. The Kier molecular flexibility index (Phi) is 5.63. The first kappa shape index (κ1) is 20.2. The number of carbonyl (C=O) groups excluding carboxylic acids is 3. The third-order valence-corrected chi connectivity index (χ3v) is 5.66. The summed E-state index contributed by atoms with van der Waals surface area (Å²) in [5.74, 6) is 0.0267. The second-order valence-corrected chi connectivity index (χ2v) is 7.83. The van der Waals surface area contributed by atoms with Crippen molar-refractivity contribution in [2.75, 3.05) is 30.0 Å². The highest BCUT2D eigenvalue weighted by Gasteiger charge is 2.31. The summed E-state index contributed by atoms with van der Waals surface area (Å²) in [5, 5.41) is 3.67. The van der Waals surface area contributed by atoms with Gasteiger partial charge in [0.1, 0.15) is 5.75 Å². The van der Waals surface area contributed by atoms with Gasteiger partial charge in [0.05, 0.1) is 18.5 Å². The van der Waals surface area contributed by atoms with Crippen LogP contribution in [0.15, 0.2) is 42.5 Å². The predicted molar refractivity (Wildman–Crippen MR) is 114 cm³/mol. The molecular weight excluding hydrogens is 406 g/mol. The first-order valence-corrected chi connectivity index (χ1v) is 10.2. The monoisotopic (exact) mass is 427 g/mol. The number of nitrogens with zero attached hydrogens (tertiary/aromatic N) is 2. The summed E-state index contributed by atoms with van der Waals surface area (Å²) in [6.45, 7) is 1.39. The standard InChI is InChI=1S/C22H22ClN3O4/c1-30-19-6-5-15(23)12-18(19)25-10-9-16(13-25)24-22(29)14-3-2-4-17(11-14)26-20(27)7-8-21(26)28/h2-6,11-12,16H,7-10,13H2,1H3,(H,24,29)/t16-/m1/s1. The zero-order valence-electron chi connectivity index (χ0n) is 16.6. The number of nitrogens with one attached hydrogen (secondary N) is 1. The van der Waals surface area contributed by atoms with Crippen LogP contribution in [0.5, 0.6) is 5.75 Å². The molecule has 2 aromatic carbocycles. The summed E-state index contributed by atoms with van der Waals surface area (Å²) in [6, 6.07) is 12.0. The molecule has 2 aliphatic heterocycles. The number of benzene rings is 2. The summed E-state index contributed by atoms with van der Waals surface area (Å²) >= 11 is 6.14. The van der Waals surface area contributed by atoms with Crippen LogP contribution in [0.1, 0.15) is 29.6 Å². The first-order valence-electron chi connectivity index (χ1n) is 9.81. The topological polar surface area (TPSA) is 79.0 Å². The van der Waals surface area contributed by atoms with Crippen LogP contribution in [-0.4, -0.2) is 44.0 Å². The average molecular weight is 428 g/mol. The van der Waals surface area contributed by atoms with Gasteiger partial charge in [0, 0.05) is 42.6 Å². The molecule has 1 atom stereocenters. The van der Waals surface area contributed by atoms with Gasteiger partial charge in [-0.1, -0.05) is 17.7 Å². The van der Waals surface area contributed by atoms with Gasteiger partial charge in [0.15, 0.2) is 0 Å². The van der Waals surface area contributed by atoms with Crippen molar-refractivity contribution in [2.24, 2.45) is 0 Å². The van der Waals surface area contributed by atoms with Crippen LogP contribution in [0.4, 0.5) is 11.4 Å². The number of amides is 3. The Bertz CT molecular complexity index is 994. The van der Waals surface area contributed by atoms with Gasteiger partial charge in [-0.3, -0.25) is 19.3 Å². The maximum atomic E-state index is 12.8. The smallest absolute Gasteiger partial charge is 0.251 e. The molecule has 2 aliphatic rings. The van der Waals surface area contributed by atoms with Gasteiger partial charge >= 0.3 is 0 Å². The van der Waals surface area contributed by atoms with E-state index in [1.165, 1.54) is 0 Å². The van der Waals surface area contributed by atoms with Gasteiger partial charge in [-0.2, -0.15) is 0 Å². The number of ether oxygens (including phenoxy) is 1. The summed E-state index contributed by atoms with van der Waals surface area (Å²) in [4.78, 5) is 40.0. The highest BCUT2D eigenvalue weighted by molar-refractivity contribution is 6.31. The average Bonchev–Trinajstić information content (AvgIpc) is 3.34. The van der Waals surface area contributed by atoms with Crippen molar-refractivity contribution in [1.29, 1.82) is 0 Å². The molecule has 0 saturated carbocycles. The van der Waals surface area contributed by atoms with Crippen molar-refractivity contribution < 1.29 is 19.1 Å². The molecule has 4 rings (SSSR count). The van der Waals surface area contributed by atoms with E-state index in [0.717, 1.165) is 29.3 Å². The molecule has 0 unspecified atom stereocenters. The molecule has 7 nitrogen and oxygen atoms in total. The minimum Gasteiger partial charge on any atom is -0.495 e. The molecule has 8 heteroatoms.